The Morgan fingerprint density at radius 2 is 2.07 bits per heavy atom. The van der Waals surface area contributed by atoms with Crippen molar-refractivity contribution < 1.29 is 9.18 Å². The molecule has 0 heterocycles. The van der Waals surface area contributed by atoms with Crippen molar-refractivity contribution in [2.45, 2.75) is 33.2 Å². The Kier molecular flexibility index (Phi) is 3.75. The van der Waals surface area contributed by atoms with Gasteiger partial charge in [-0.1, -0.05) is 13.0 Å². The lowest BCUT2D eigenvalue weighted by Crippen LogP contribution is -2.00. The van der Waals surface area contributed by atoms with Crippen molar-refractivity contribution in [2.75, 3.05) is 0 Å². The molecule has 15 heavy (non-hydrogen) atoms. The highest BCUT2D eigenvalue weighted by atomic mass is 19.1. The summed E-state index contributed by atoms with van der Waals surface area (Å²) in [5.74, 6) is -0.221. The van der Waals surface area contributed by atoms with Crippen LogP contribution in [-0.2, 0) is 4.79 Å². The Morgan fingerprint density at radius 1 is 1.40 bits per heavy atom. The third-order valence-corrected chi connectivity index (χ3v) is 2.72. The molecule has 0 saturated carbocycles. The number of carbonyl (C=O) groups excluding carboxylic acids is 1. The summed E-state index contributed by atoms with van der Waals surface area (Å²) >= 11 is 0. The molecule has 0 saturated heterocycles. The van der Waals surface area contributed by atoms with Gasteiger partial charge < -0.3 is 0 Å². The first-order chi connectivity index (χ1) is 7.11. The molecular formula is C12H14FNO. The Labute approximate surface area is 88.8 Å². The highest BCUT2D eigenvalue weighted by Gasteiger charge is 2.13. The van der Waals surface area contributed by atoms with E-state index in [0.717, 1.165) is 11.1 Å². The largest absolute Gasteiger partial charge is 0.235 e. The van der Waals surface area contributed by atoms with E-state index in [4.69, 9.17) is 0 Å². The number of rotatable bonds is 3. The van der Waals surface area contributed by atoms with Crippen LogP contribution in [0.15, 0.2) is 17.1 Å². The second kappa shape index (κ2) is 4.85. The van der Waals surface area contributed by atoms with Gasteiger partial charge in [0.1, 0.15) is 5.82 Å². The minimum absolute atomic E-state index is 0.207. The van der Waals surface area contributed by atoms with E-state index in [1.165, 1.54) is 6.07 Å². The molecular weight excluding hydrogens is 193 g/mol. The third kappa shape index (κ3) is 2.31. The van der Waals surface area contributed by atoms with E-state index in [1.54, 1.807) is 19.1 Å². The molecule has 0 aliphatic heterocycles. The summed E-state index contributed by atoms with van der Waals surface area (Å²) in [6.45, 7) is 5.51. The molecule has 0 aliphatic carbocycles. The minimum atomic E-state index is -0.221. The predicted octanol–water partition coefficient (Wildman–Crippen LogP) is 3.23. The van der Waals surface area contributed by atoms with Crippen molar-refractivity contribution in [1.29, 1.82) is 0 Å². The predicted molar refractivity (Wildman–Crippen MR) is 57.0 cm³/mol. The molecule has 0 bridgehead atoms. The Bertz CT molecular complexity index is 408. The van der Waals surface area contributed by atoms with Crippen LogP contribution in [0.2, 0.25) is 0 Å². The first-order valence-electron chi connectivity index (χ1n) is 4.94. The maximum absolute atomic E-state index is 13.2. The zero-order valence-corrected chi connectivity index (χ0v) is 9.17. The smallest absolute Gasteiger partial charge is 0.211 e. The van der Waals surface area contributed by atoms with Crippen LogP contribution in [0.1, 0.15) is 36.1 Å². The van der Waals surface area contributed by atoms with E-state index in [1.807, 2.05) is 13.8 Å². The highest BCUT2D eigenvalue weighted by molar-refractivity contribution is 5.40. The molecule has 0 fully saturated rings. The van der Waals surface area contributed by atoms with Gasteiger partial charge in [-0.2, -0.15) is 4.99 Å². The average molecular weight is 207 g/mol. The van der Waals surface area contributed by atoms with Crippen LogP contribution in [0.4, 0.5) is 4.39 Å². The Balaban J connectivity index is 3.25. The summed E-state index contributed by atoms with van der Waals surface area (Å²) in [6.07, 6.45) is 2.27. The van der Waals surface area contributed by atoms with Crippen LogP contribution in [0, 0.1) is 19.7 Å². The molecule has 1 rings (SSSR count). The molecule has 0 aliphatic rings. The van der Waals surface area contributed by atoms with Crippen LogP contribution in [0.5, 0.6) is 0 Å². The van der Waals surface area contributed by atoms with E-state index in [9.17, 15) is 9.18 Å². The molecule has 2 nitrogen and oxygen atoms in total. The van der Waals surface area contributed by atoms with E-state index in [0.29, 0.717) is 12.0 Å². The fourth-order valence-electron chi connectivity index (χ4n) is 1.61. The first kappa shape index (κ1) is 11.6. The number of halogens is 1. The van der Waals surface area contributed by atoms with Crippen LogP contribution in [-0.4, -0.2) is 6.08 Å². The van der Waals surface area contributed by atoms with Gasteiger partial charge in [-0.15, -0.1) is 0 Å². The van der Waals surface area contributed by atoms with Crippen molar-refractivity contribution in [3.63, 3.8) is 0 Å². The van der Waals surface area contributed by atoms with Gasteiger partial charge in [0.05, 0.1) is 6.04 Å². The molecule has 1 aromatic rings. The second-order valence-corrected chi connectivity index (χ2v) is 3.53. The molecule has 80 valence electrons. The number of aliphatic imine (C=N–C) groups is 1. The minimum Gasteiger partial charge on any atom is -0.211 e. The van der Waals surface area contributed by atoms with Gasteiger partial charge in [-0.05, 0) is 43.0 Å². The van der Waals surface area contributed by atoms with Gasteiger partial charge in [0, 0.05) is 0 Å². The summed E-state index contributed by atoms with van der Waals surface area (Å²) in [7, 11) is 0. The number of nitrogens with zero attached hydrogens (tertiary/aromatic N) is 1. The number of hydrogen-bond acceptors (Lipinski definition) is 2. The van der Waals surface area contributed by atoms with Crippen LogP contribution in [0.3, 0.4) is 0 Å². The zero-order chi connectivity index (χ0) is 11.4. The summed E-state index contributed by atoms with van der Waals surface area (Å²) in [5.41, 5.74) is 2.38. The highest BCUT2D eigenvalue weighted by Crippen LogP contribution is 2.26. The quantitative estimate of drug-likeness (QED) is 0.552. The molecule has 0 unspecified atom stereocenters. The molecule has 3 heteroatoms. The third-order valence-electron chi connectivity index (χ3n) is 2.72. The van der Waals surface area contributed by atoms with Crippen molar-refractivity contribution >= 4 is 6.08 Å². The van der Waals surface area contributed by atoms with Gasteiger partial charge in [0.2, 0.25) is 6.08 Å². The Hall–Kier alpha value is -1.47. The molecule has 0 N–H and O–H groups in total. The van der Waals surface area contributed by atoms with Gasteiger partial charge in [0.25, 0.3) is 0 Å². The summed E-state index contributed by atoms with van der Waals surface area (Å²) in [6, 6.07) is 2.90. The van der Waals surface area contributed by atoms with Crippen molar-refractivity contribution in [3.8, 4) is 0 Å². The van der Waals surface area contributed by atoms with E-state index >= 15 is 0 Å². The standard InChI is InChI=1S/C12H14FNO/c1-4-12(14-7-15)10-5-6-11(13)9(3)8(10)2/h5-6,12H,4H2,1-3H3/t12-/m1/s1. The van der Waals surface area contributed by atoms with Crippen LogP contribution in [0.25, 0.3) is 0 Å². The van der Waals surface area contributed by atoms with Crippen LogP contribution < -0.4 is 0 Å². The maximum Gasteiger partial charge on any atom is 0.235 e. The number of hydrogen-bond donors (Lipinski definition) is 0. The van der Waals surface area contributed by atoms with E-state index in [2.05, 4.69) is 4.99 Å². The average Bonchev–Trinajstić information content (AvgIpc) is 2.24. The van der Waals surface area contributed by atoms with Crippen molar-refractivity contribution in [2.24, 2.45) is 4.99 Å². The number of benzene rings is 1. The van der Waals surface area contributed by atoms with E-state index in [-0.39, 0.29) is 11.9 Å². The first-order valence-corrected chi connectivity index (χ1v) is 4.94. The van der Waals surface area contributed by atoms with Gasteiger partial charge in [0.15, 0.2) is 0 Å². The normalized spacial score (nSPS) is 12.0. The molecule has 0 radical (unpaired) electrons. The summed E-state index contributed by atoms with van der Waals surface area (Å²) in [4.78, 5) is 14.0. The molecule has 1 atom stereocenters. The summed E-state index contributed by atoms with van der Waals surface area (Å²) < 4.78 is 13.2. The van der Waals surface area contributed by atoms with Gasteiger partial charge >= 0.3 is 0 Å². The number of isocyanates is 1. The van der Waals surface area contributed by atoms with Gasteiger partial charge in [-0.25, -0.2) is 9.18 Å². The maximum atomic E-state index is 13.2. The topological polar surface area (TPSA) is 29.4 Å². The molecule has 0 amide bonds. The molecule has 1 aromatic carbocycles. The van der Waals surface area contributed by atoms with Crippen molar-refractivity contribution in [3.05, 3.63) is 34.6 Å². The second-order valence-electron chi connectivity index (χ2n) is 3.53. The van der Waals surface area contributed by atoms with Gasteiger partial charge in [-0.3, -0.25) is 0 Å². The fraction of sp³-hybridized carbons (Fsp3) is 0.417. The monoisotopic (exact) mass is 207 g/mol. The lowest BCUT2D eigenvalue weighted by molar-refractivity contribution is 0.555. The summed E-state index contributed by atoms with van der Waals surface area (Å²) in [5, 5.41) is 0. The van der Waals surface area contributed by atoms with E-state index < -0.39 is 0 Å². The lowest BCUT2D eigenvalue weighted by atomic mass is 9.96. The zero-order valence-electron chi connectivity index (χ0n) is 9.17. The SMILES string of the molecule is CC[C@@H](N=C=O)c1ccc(F)c(C)c1C. The molecule has 0 aromatic heterocycles. The fourth-order valence-corrected chi connectivity index (χ4v) is 1.61. The lowest BCUT2D eigenvalue weighted by Gasteiger charge is -2.13. The molecule has 0 spiro atoms. The Morgan fingerprint density at radius 3 is 2.60 bits per heavy atom. The van der Waals surface area contributed by atoms with Crippen LogP contribution >= 0.6 is 0 Å². The van der Waals surface area contributed by atoms with Crippen molar-refractivity contribution in [1.82, 2.24) is 0 Å².